The van der Waals surface area contributed by atoms with E-state index in [0.29, 0.717) is 10.0 Å². The van der Waals surface area contributed by atoms with E-state index in [1.165, 1.54) is 4.68 Å². The molecule has 0 radical (unpaired) electrons. The summed E-state index contributed by atoms with van der Waals surface area (Å²) in [7, 11) is 1.68. The van der Waals surface area contributed by atoms with Gasteiger partial charge in [-0.1, -0.05) is 0 Å². The van der Waals surface area contributed by atoms with E-state index in [9.17, 15) is 14.4 Å². The molecule has 0 aliphatic carbocycles. The summed E-state index contributed by atoms with van der Waals surface area (Å²) in [4.78, 5) is 37.2. The summed E-state index contributed by atoms with van der Waals surface area (Å²) >= 11 is 4.23. The van der Waals surface area contributed by atoms with Gasteiger partial charge in [-0.25, -0.2) is 9.59 Å². The van der Waals surface area contributed by atoms with E-state index in [-0.39, 0.29) is 34.3 Å². The molecule has 0 aliphatic heterocycles. The Hall–Kier alpha value is -2.20. The number of amides is 1. The van der Waals surface area contributed by atoms with Crippen molar-refractivity contribution >= 4 is 50.1 Å². The zero-order chi connectivity index (χ0) is 19.4. The smallest absolute Gasteiger partial charge is 0.348 e. The Labute approximate surface area is 162 Å². The lowest BCUT2D eigenvalue weighted by Crippen LogP contribution is -2.16. The van der Waals surface area contributed by atoms with Crippen molar-refractivity contribution in [3.05, 3.63) is 32.4 Å². The first-order valence-electron chi connectivity index (χ1n) is 7.78. The number of aryl methyl sites for hydroxylation is 1. The van der Waals surface area contributed by atoms with Crippen molar-refractivity contribution in [2.24, 2.45) is 7.05 Å². The van der Waals surface area contributed by atoms with Gasteiger partial charge in [0.15, 0.2) is 5.69 Å². The van der Waals surface area contributed by atoms with Gasteiger partial charge in [0.2, 0.25) is 0 Å². The zero-order valence-electron chi connectivity index (χ0n) is 14.7. The predicted octanol–water partition coefficient (Wildman–Crippen LogP) is 3.16. The van der Waals surface area contributed by atoms with Gasteiger partial charge in [0.05, 0.1) is 23.2 Å². The lowest BCUT2D eigenvalue weighted by atomic mass is 10.1. The minimum atomic E-state index is -0.618. The average Bonchev–Trinajstić information content (AvgIpc) is 3.07. The molecule has 1 amide bonds. The van der Waals surface area contributed by atoms with Crippen LogP contribution in [0.3, 0.4) is 0 Å². The SMILES string of the molecule is CCOC(=O)c1sc(NC(=O)c2nn(C)cc2Br)c(C(=O)OCC)c1C. The van der Waals surface area contributed by atoms with Crippen molar-refractivity contribution in [2.75, 3.05) is 18.5 Å². The van der Waals surface area contributed by atoms with E-state index >= 15 is 0 Å². The number of esters is 2. The Bertz CT molecular complexity index is 858. The Kier molecular flexibility index (Phi) is 6.54. The summed E-state index contributed by atoms with van der Waals surface area (Å²) in [5, 5.41) is 6.92. The van der Waals surface area contributed by atoms with Gasteiger partial charge in [-0.15, -0.1) is 11.3 Å². The van der Waals surface area contributed by atoms with Crippen molar-refractivity contribution < 1.29 is 23.9 Å². The molecule has 0 aromatic carbocycles. The number of hydrogen-bond acceptors (Lipinski definition) is 7. The quantitative estimate of drug-likeness (QED) is 0.688. The van der Waals surface area contributed by atoms with Gasteiger partial charge < -0.3 is 14.8 Å². The normalized spacial score (nSPS) is 10.5. The number of rotatable bonds is 6. The minimum absolute atomic E-state index is 0.139. The number of hydrogen-bond donors (Lipinski definition) is 1. The molecule has 2 heterocycles. The van der Waals surface area contributed by atoms with E-state index in [4.69, 9.17) is 9.47 Å². The molecular formula is C16H18BrN3O5S. The molecule has 2 aromatic rings. The number of thiophene rings is 1. The average molecular weight is 444 g/mol. The summed E-state index contributed by atoms with van der Waals surface area (Å²) in [5.41, 5.74) is 0.702. The summed E-state index contributed by atoms with van der Waals surface area (Å²) in [6.45, 7) is 5.35. The van der Waals surface area contributed by atoms with Gasteiger partial charge in [-0.2, -0.15) is 5.10 Å². The molecule has 0 atom stereocenters. The van der Waals surface area contributed by atoms with Crippen LogP contribution in [0.25, 0.3) is 0 Å². The van der Waals surface area contributed by atoms with Crippen molar-refractivity contribution in [2.45, 2.75) is 20.8 Å². The molecule has 0 spiro atoms. The van der Waals surface area contributed by atoms with Crippen molar-refractivity contribution in [3.8, 4) is 0 Å². The minimum Gasteiger partial charge on any atom is -0.462 e. The molecule has 140 valence electrons. The summed E-state index contributed by atoms with van der Waals surface area (Å²) in [6.07, 6.45) is 1.63. The first kappa shape index (κ1) is 20.1. The maximum Gasteiger partial charge on any atom is 0.348 e. The molecule has 26 heavy (non-hydrogen) atoms. The largest absolute Gasteiger partial charge is 0.462 e. The fraction of sp³-hybridized carbons (Fsp3) is 0.375. The monoisotopic (exact) mass is 443 g/mol. The van der Waals surface area contributed by atoms with Gasteiger partial charge in [0.1, 0.15) is 9.88 Å². The van der Waals surface area contributed by atoms with E-state index in [1.807, 2.05) is 0 Å². The van der Waals surface area contributed by atoms with Gasteiger partial charge in [-0.05, 0) is 42.3 Å². The third kappa shape index (κ3) is 4.13. The maximum absolute atomic E-state index is 12.5. The Balaban J connectivity index is 2.43. The molecule has 0 aliphatic rings. The fourth-order valence-electron chi connectivity index (χ4n) is 2.22. The second-order valence-corrected chi connectivity index (χ2v) is 7.03. The Morgan fingerprint density at radius 3 is 2.38 bits per heavy atom. The van der Waals surface area contributed by atoms with Gasteiger partial charge in [0.25, 0.3) is 5.91 Å². The second-order valence-electron chi connectivity index (χ2n) is 5.15. The topological polar surface area (TPSA) is 99.5 Å². The molecule has 0 unspecified atom stereocenters. The third-order valence-electron chi connectivity index (χ3n) is 3.31. The zero-order valence-corrected chi connectivity index (χ0v) is 17.1. The number of halogens is 1. The van der Waals surface area contributed by atoms with Crippen molar-refractivity contribution in [1.82, 2.24) is 9.78 Å². The van der Waals surface area contributed by atoms with Crippen LogP contribution >= 0.6 is 27.3 Å². The van der Waals surface area contributed by atoms with Gasteiger partial charge in [-0.3, -0.25) is 9.48 Å². The Morgan fingerprint density at radius 2 is 1.85 bits per heavy atom. The first-order chi connectivity index (χ1) is 12.3. The van der Waals surface area contributed by atoms with Crippen LogP contribution < -0.4 is 5.32 Å². The molecule has 2 aromatic heterocycles. The highest BCUT2D eigenvalue weighted by atomic mass is 79.9. The number of carbonyl (C=O) groups is 3. The van der Waals surface area contributed by atoms with Crippen LogP contribution in [0.15, 0.2) is 10.7 Å². The fourth-order valence-corrected chi connectivity index (χ4v) is 3.86. The highest BCUT2D eigenvalue weighted by Gasteiger charge is 2.28. The highest BCUT2D eigenvalue weighted by molar-refractivity contribution is 9.10. The van der Waals surface area contributed by atoms with Crippen LogP contribution in [0.5, 0.6) is 0 Å². The predicted molar refractivity (Wildman–Crippen MR) is 99.8 cm³/mol. The van der Waals surface area contributed by atoms with E-state index in [0.717, 1.165) is 11.3 Å². The molecule has 0 fully saturated rings. The lowest BCUT2D eigenvalue weighted by Gasteiger charge is -2.06. The number of nitrogens with one attached hydrogen (secondary N) is 1. The standard InChI is InChI=1S/C16H18BrN3O5S/c1-5-24-15(22)10-8(3)12(16(23)25-6-2)26-14(10)18-13(21)11-9(17)7-20(4)19-11/h7H,5-6H2,1-4H3,(H,18,21). The van der Waals surface area contributed by atoms with Crippen molar-refractivity contribution in [1.29, 1.82) is 0 Å². The molecule has 1 N–H and O–H groups in total. The van der Waals surface area contributed by atoms with Gasteiger partial charge in [0, 0.05) is 13.2 Å². The lowest BCUT2D eigenvalue weighted by molar-refractivity contribution is 0.0527. The second kappa shape index (κ2) is 8.45. The van der Waals surface area contributed by atoms with Crippen molar-refractivity contribution in [3.63, 3.8) is 0 Å². The van der Waals surface area contributed by atoms with Crippen LogP contribution in [-0.4, -0.2) is 40.8 Å². The highest BCUT2D eigenvalue weighted by Crippen LogP contribution is 2.35. The van der Waals surface area contributed by atoms with E-state index in [2.05, 4.69) is 26.3 Å². The number of aromatic nitrogens is 2. The molecule has 0 saturated heterocycles. The summed E-state index contributed by atoms with van der Waals surface area (Å²) < 4.78 is 12.1. The third-order valence-corrected chi connectivity index (χ3v) is 5.08. The van der Waals surface area contributed by atoms with Crippen LogP contribution in [-0.2, 0) is 16.5 Å². The first-order valence-corrected chi connectivity index (χ1v) is 9.39. The van der Waals surface area contributed by atoms with Crippen LogP contribution in [0, 0.1) is 6.92 Å². The molecule has 0 bridgehead atoms. The van der Waals surface area contributed by atoms with E-state index < -0.39 is 17.8 Å². The number of nitrogens with zero attached hydrogens (tertiary/aromatic N) is 2. The summed E-state index contributed by atoms with van der Waals surface area (Å²) in [5.74, 6) is -1.69. The summed E-state index contributed by atoms with van der Waals surface area (Å²) in [6, 6.07) is 0. The number of carbonyl (C=O) groups excluding carboxylic acids is 3. The number of anilines is 1. The van der Waals surface area contributed by atoms with E-state index in [1.54, 1.807) is 34.0 Å². The van der Waals surface area contributed by atoms with Crippen LogP contribution in [0.1, 0.15) is 49.9 Å². The molecule has 10 heteroatoms. The molecule has 2 rings (SSSR count). The Morgan fingerprint density at radius 1 is 1.23 bits per heavy atom. The molecule has 8 nitrogen and oxygen atoms in total. The van der Waals surface area contributed by atoms with Crippen LogP contribution in [0.2, 0.25) is 0 Å². The van der Waals surface area contributed by atoms with Crippen LogP contribution in [0.4, 0.5) is 5.00 Å². The number of ether oxygens (including phenoxy) is 2. The van der Waals surface area contributed by atoms with Gasteiger partial charge >= 0.3 is 11.9 Å². The maximum atomic E-state index is 12.5. The molecular weight excluding hydrogens is 426 g/mol. The molecule has 0 saturated carbocycles.